The lowest BCUT2D eigenvalue weighted by Crippen LogP contribution is -2.38. The molecule has 2 atom stereocenters. The molecular weight excluding hydrogens is 392 g/mol. The molecule has 0 bridgehead atoms. The summed E-state index contributed by atoms with van der Waals surface area (Å²) in [6.45, 7) is 3.51. The number of halogens is 6. The summed E-state index contributed by atoms with van der Waals surface area (Å²) in [5.74, 6) is -6.15. The summed E-state index contributed by atoms with van der Waals surface area (Å²) in [7, 11) is 0. The Kier molecular flexibility index (Phi) is 6.73. The summed E-state index contributed by atoms with van der Waals surface area (Å²) in [4.78, 5) is 11.5. The van der Waals surface area contributed by atoms with Crippen LogP contribution in [0.25, 0.3) is 5.57 Å². The van der Waals surface area contributed by atoms with Gasteiger partial charge in [-0.15, -0.1) is 0 Å². The molecule has 6 nitrogen and oxygen atoms in total. The SMILES string of the molecule is CCCNc1nc(N[C@H](CC)C(F)(F)F)nc(C2=C(F)C(O)C(F)(F)CC2)n1. The van der Waals surface area contributed by atoms with Crippen LogP contribution in [0.4, 0.5) is 38.2 Å². The molecule has 0 saturated carbocycles. The number of anilines is 2. The third-order valence-electron chi connectivity index (χ3n) is 4.18. The monoisotopic (exact) mass is 413 g/mol. The van der Waals surface area contributed by atoms with Gasteiger partial charge in [0.05, 0.1) is 0 Å². The van der Waals surface area contributed by atoms with Gasteiger partial charge < -0.3 is 15.7 Å². The Morgan fingerprint density at radius 1 is 1.18 bits per heavy atom. The van der Waals surface area contributed by atoms with Gasteiger partial charge in [-0.05, 0) is 19.3 Å². The van der Waals surface area contributed by atoms with E-state index >= 15 is 0 Å². The molecule has 1 aliphatic rings. The van der Waals surface area contributed by atoms with E-state index in [4.69, 9.17) is 0 Å². The van der Waals surface area contributed by atoms with Crippen LogP contribution in [0.2, 0.25) is 0 Å². The van der Waals surface area contributed by atoms with E-state index in [9.17, 15) is 31.4 Å². The lowest BCUT2D eigenvalue weighted by molar-refractivity contribution is -0.143. The maximum Gasteiger partial charge on any atom is 0.408 e. The van der Waals surface area contributed by atoms with Gasteiger partial charge in [-0.1, -0.05) is 13.8 Å². The number of allylic oxidation sites excluding steroid dienone is 1. The fourth-order valence-corrected chi connectivity index (χ4v) is 2.58. The molecule has 0 fully saturated rings. The number of rotatable bonds is 7. The van der Waals surface area contributed by atoms with Crippen LogP contribution in [0.15, 0.2) is 5.83 Å². The topological polar surface area (TPSA) is 83.0 Å². The van der Waals surface area contributed by atoms with Crippen LogP contribution in [0.5, 0.6) is 0 Å². The highest BCUT2D eigenvalue weighted by molar-refractivity contribution is 5.66. The second-order valence-corrected chi connectivity index (χ2v) is 6.37. The normalized spacial score (nSPS) is 20.8. The molecule has 1 unspecified atom stereocenters. The summed E-state index contributed by atoms with van der Waals surface area (Å²) in [5.41, 5.74) is -0.386. The highest BCUT2D eigenvalue weighted by atomic mass is 19.4. The average molecular weight is 413 g/mol. The van der Waals surface area contributed by atoms with Crippen molar-refractivity contribution >= 4 is 17.5 Å². The summed E-state index contributed by atoms with van der Waals surface area (Å²) in [6, 6.07) is -1.96. The Morgan fingerprint density at radius 3 is 2.39 bits per heavy atom. The van der Waals surface area contributed by atoms with Gasteiger partial charge in [0.2, 0.25) is 11.9 Å². The maximum absolute atomic E-state index is 14.3. The molecule has 0 radical (unpaired) electrons. The van der Waals surface area contributed by atoms with Crippen molar-refractivity contribution in [1.82, 2.24) is 15.0 Å². The Hall–Kier alpha value is -2.11. The Bertz CT molecular complexity index is 724. The van der Waals surface area contributed by atoms with Gasteiger partial charge in [0.15, 0.2) is 11.9 Å². The van der Waals surface area contributed by atoms with Crippen molar-refractivity contribution in [2.24, 2.45) is 0 Å². The molecule has 0 spiro atoms. The van der Waals surface area contributed by atoms with Crippen molar-refractivity contribution in [3.8, 4) is 0 Å². The molecule has 0 aliphatic heterocycles. The van der Waals surface area contributed by atoms with E-state index in [0.29, 0.717) is 13.0 Å². The molecule has 1 aliphatic carbocycles. The van der Waals surface area contributed by atoms with Crippen molar-refractivity contribution < 1.29 is 31.4 Å². The number of alkyl halides is 5. The second-order valence-electron chi connectivity index (χ2n) is 6.37. The predicted octanol–water partition coefficient (Wildman–Crippen LogP) is 3.92. The first-order valence-corrected chi connectivity index (χ1v) is 8.77. The van der Waals surface area contributed by atoms with E-state index in [2.05, 4.69) is 25.6 Å². The van der Waals surface area contributed by atoms with Gasteiger partial charge >= 0.3 is 6.18 Å². The van der Waals surface area contributed by atoms with Gasteiger partial charge in [0.25, 0.3) is 5.92 Å². The smallest absolute Gasteiger partial charge is 0.380 e. The van der Waals surface area contributed by atoms with E-state index in [1.807, 2.05) is 6.92 Å². The minimum Gasteiger partial charge on any atom is -0.380 e. The number of nitrogens with one attached hydrogen (secondary N) is 2. The molecule has 0 saturated heterocycles. The number of aliphatic hydroxyl groups excluding tert-OH is 1. The van der Waals surface area contributed by atoms with Crippen molar-refractivity contribution in [2.75, 3.05) is 17.2 Å². The highest BCUT2D eigenvalue weighted by Gasteiger charge is 2.46. The molecule has 28 heavy (non-hydrogen) atoms. The van der Waals surface area contributed by atoms with Gasteiger partial charge in [0.1, 0.15) is 11.9 Å². The van der Waals surface area contributed by atoms with Crippen LogP contribution in [-0.2, 0) is 0 Å². The first kappa shape index (κ1) is 22.2. The summed E-state index contributed by atoms with van der Waals surface area (Å²) in [6.07, 6.45) is -8.23. The third kappa shape index (κ3) is 5.03. The molecule has 158 valence electrons. The Labute approximate surface area is 157 Å². The molecule has 3 N–H and O–H groups in total. The van der Waals surface area contributed by atoms with Crippen LogP contribution in [0.3, 0.4) is 0 Å². The molecule has 1 heterocycles. The standard InChI is InChI=1S/C16H21F6N5O/c1-3-7-23-13-25-12(8-5-6-15(18,19)11(28)10(8)17)26-14(27-13)24-9(4-2)16(20,21)22/h9,11,28H,3-7H2,1-2H3,(H2,23,24,25,26,27)/t9-,11?/m1/s1. The van der Waals surface area contributed by atoms with E-state index in [1.54, 1.807) is 0 Å². The number of hydrogen-bond donors (Lipinski definition) is 3. The molecule has 0 amide bonds. The Morgan fingerprint density at radius 2 is 1.82 bits per heavy atom. The lowest BCUT2D eigenvalue weighted by atomic mass is 9.92. The second kappa shape index (κ2) is 8.50. The molecular formula is C16H21F6N5O. The van der Waals surface area contributed by atoms with Gasteiger partial charge in [-0.3, -0.25) is 0 Å². The zero-order chi connectivity index (χ0) is 21.1. The molecule has 2 rings (SSSR count). The fourth-order valence-electron chi connectivity index (χ4n) is 2.58. The van der Waals surface area contributed by atoms with Crippen LogP contribution in [0, 0.1) is 0 Å². The van der Waals surface area contributed by atoms with Crippen molar-refractivity contribution in [1.29, 1.82) is 0 Å². The minimum absolute atomic E-state index is 0.126. The van der Waals surface area contributed by atoms with Crippen molar-refractivity contribution in [3.05, 3.63) is 11.7 Å². The average Bonchev–Trinajstić information content (AvgIpc) is 2.61. The van der Waals surface area contributed by atoms with E-state index in [1.165, 1.54) is 6.92 Å². The van der Waals surface area contributed by atoms with Crippen LogP contribution in [0.1, 0.15) is 45.4 Å². The van der Waals surface area contributed by atoms with E-state index in [0.717, 1.165) is 0 Å². The van der Waals surface area contributed by atoms with Crippen molar-refractivity contribution in [3.63, 3.8) is 0 Å². The molecule has 1 aromatic heterocycles. The summed E-state index contributed by atoms with van der Waals surface area (Å²) >= 11 is 0. The number of aliphatic hydroxyl groups is 1. The number of hydrogen-bond acceptors (Lipinski definition) is 6. The van der Waals surface area contributed by atoms with Crippen LogP contribution in [-0.4, -0.2) is 50.8 Å². The van der Waals surface area contributed by atoms with Gasteiger partial charge in [-0.25, -0.2) is 13.2 Å². The van der Waals surface area contributed by atoms with Crippen molar-refractivity contribution in [2.45, 2.75) is 63.8 Å². The fraction of sp³-hybridized carbons (Fsp3) is 0.688. The van der Waals surface area contributed by atoms with Gasteiger partial charge in [0, 0.05) is 18.5 Å². The van der Waals surface area contributed by atoms with Crippen LogP contribution < -0.4 is 10.6 Å². The zero-order valence-electron chi connectivity index (χ0n) is 15.2. The predicted molar refractivity (Wildman–Crippen MR) is 90.6 cm³/mol. The lowest BCUT2D eigenvalue weighted by Gasteiger charge is -2.28. The molecule has 12 heteroatoms. The first-order valence-electron chi connectivity index (χ1n) is 8.77. The highest BCUT2D eigenvalue weighted by Crippen LogP contribution is 2.41. The van der Waals surface area contributed by atoms with E-state index in [-0.39, 0.29) is 17.9 Å². The molecule has 0 aromatic carbocycles. The Balaban J connectivity index is 2.45. The zero-order valence-corrected chi connectivity index (χ0v) is 15.2. The largest absolute Gasteiger partial charge is 0.408 e. The van der Waals surface area contributed by atoms with E-state index < -0.39 is 54.7 Å². The number of nitrogens with zero attached hydrogens (tertiary/aromatic N) is 3. The first-order chi connectivity index (χ1) is 13.0. The third-order valence-corrected chi connectivity index (χ3v) is 4.18. The number of aromatic nitrogens is 3. The summed E-state index contributed by atoms with van der Waals surface area (Å²) < 4.78 is 80.3. The van der Waals surface area contributed by atoms with Gasteiger partial charge in [-0.2, -0.15) is 28.1 Å². The maximum atomic E-state index is 14.3. The van der Waals surface area contributed by atoms with Crippen LogP contribution >= 0.6 is 0 Å². The summed E-state index contributed by atoms with van der Waals surface area (Å²) in [5, 5.41) is 14.3. The molecule has 1 aromatic rings. The minimum atomic E-state index is -4.58. The quantitative estimate of drug-likeness (QED) is 0.588.